The molecule has 0 bridgehead atoms. The van der Waals surface area contributed by atoms with Crippen LogP contribution >= 0.6 is 22.6 Å². The number of aromatic nitrogens is 2. The maximum atomic E-state index is 11.9. The van der Waals surface area contributed by atoms with Crippen molar-refractivity contribution in [3.63, 3.8) is 0 Å². The average Bonchev–Trinajstić information content (AvgIpc) is 2.92. The minimum absolute atomic E-state index is 0.0732. The Balaban J connectivity index is 1.82. The van der Waals surface area contributed by atoms with E-state index in [0.29, 0.717) is 30.6 Å². The van der Waals surface area contributed by atoms with E-state index < -0.39 is 0 Å². The zero-order valence-electron chi connectivity index (χ0n) is 12.2. The Hall–Kier alpha value is -1.90. The van der Waals surface area contributed by atoms with E-state index in [1.165, 1.54) is 0 Å². The van der Waals surface area contributed by atoms with Crippen LogP contribution in [0.5, 0.6) is 0 Å². The largest absolute Gasteiger partial charge is 0.355 e. The second kappa shape index (κ2) is 7.92. The number of hydrogen-bond acceptors (Lipinski definition) is 3. The topological polar surface area (TPSA) is 76.0 Å². The molecular formula is C15H17IN4O2. The van der Waals surface area contributed by atoms with Crippen molar-refractivity contribution in [3.05, 3.63) is 45.8 Å². The number of nitrogens with zero attached hydrogens (tertiary/aromatic N) is 2. The molecule has 7 heteroatoms. The number of rotatable bonds is 6. The second-order valence-corrected chi connectivity index (χ2v) is 5.98. The van der Waals surface area contributed by atoms with Crippen molar-refractivity contribution in [1.29, 1.82) is 0 Å². The van der Waals surface area contributed by atoms with E-state index in [9.17, 15) is 9.59 Å². The number of nitrogens with one attached hydrogen (secondary N) is 2. The second-order valence-electron chi connectivity index (χ2n) is 4.73. The molecule has 0 spiro atoms. The summed E-state index contributed by atoms with van der Waals surface area (Å²) in [5.41, 5.74) is 1.14. The van der Waals surface area contributed by atoms with Crippen LogP contribution in [0.1, 0.15) is 23.2 Å². The highest BCUT2D eigenvalue weighted by Gasteiger charge is 2.06. The maximum absolute atomic E-state index is 11.9. The molecule has 0 atom stereocenters. The van der Waals surface area contributed by atoms with Gasteiger partial charge in [0.1, 0.15) is 0 Å². The molecule has 0 saturated carbocycles. The smallest absolute Gasteiger partial charge is 0.251 e. The zero-order chi connectivity index (χ0) is 15.9. The fourth-order valence-corrected chi connectivity index (χ4v) is 2.41. The van der Waals surface area contributed by atoms with Crippen LogP contribution in [0.3, 0.4) is 0 Å². The van der Waals surface area contributed by atoms with Gasteiger partial charge in [0.15, 0.2) is 0 Å². The molecule has 2 N–H and O–H groups in total. The van der Waals surface area contributed by atoms with Crippen molar-refractivity contribution >= 4 is 40.1 Å². The van der Waals surface area contributed by atoms with Crippen molar-refractivity contribution < 1.29 is 9.59 Å². The van der Waals surface area contributed by atoms with Gasteiger partial charge in [0.05, 0.1) is 9.77 Å². The van der Waals surface area contributed by atoms with Gasteiger partial charge in [-0.25, -0.2) is 0 Å². The highest BCUT2D eigenvalue weighted by atomic mass is 127. The van der Waals surface area contributed by atoms with Crippen molar-refractivity contribution in [2.45, 2.75) is 19.4 Å². The lowest BCUT2D eigenvalue weighted by Crippen LogP contribution is -2.18. The Labute approximate surface area is 142 Å². The Bertz CT molecular complexity index is 669. The monoisotopic (exact) mass is 412 g/mol. The predicted octanol–water partition coefficient (Wildman–Crippen LogP) is 2.27. The molecule has 0 fully saturated rings. The molecule has 1 heterocycles. The Kier molecular flexibility index (Phi) is 5.93. The highest BCUT2D eigenvalue weighted by Crippen LogP contribution is 2.11. The van der Waals surface area contributed by atoms with Crippen LogP contribution in [0.4, 0.5) is 5.69 Å². The van der Waals surface area contributed by atoms with E-state index in [1.54, 1.807) is 37.5 Å². The third kappa shape index (κ3) is 4.83. The summed E-state index contributed by atoms with van der Waals surface area (Å²) < 4.78 is 2.90. The molecule has 0 aliphatic heterocycles. The van der Waals surface area contributed by atoms with Gasteiger partial charge in [0, 0.05) is 37.5 Å². The van der Waals surface area contributed by atoms with Crippen LogP contribution < -0.4 is 10.6 Å². The van der Waals surface area contributed by atoms with E-state index in [0.717, 1.165) is 3.57 Å². The molecule has 2 amide bonds. The number of aryl methyl sites for hydroxylation is 1. The van der Waals surface area contributed by atoms with E-state index in [1.807, 2.05) is 10.9 Å². The number of carbonyl (C=O) groups excluding carboxylic acids is 2. The summed E-state index contributed by atoms with van der Waals surface area (Å²) in [6, 6.07) is 6.87. The third-order valence-electron chi connectivity index (χ3n) is 3.03. The summed E-state index contributed by atoms with van der Waals surface area (Å²) in [6.07, 6.45) is 4.83. The van der Waals surface area contributed by atoms with Crippen LogP contribution in [0.2, 0.25) is 0 Å². The molecule has 0 radical (unpaired) electrons. The van der Waals surface area contributed by atoms with Crippen molar-refractivity contribution in [1.82, 2.24) is 15.1 Å². The lowest BCUT2D eigenvalue weighted by Gasteiger charge is -2.07. The molecule has 2 rings (SSSR count). The highest BCUT2D eigenvalue weighted by molar-refractivity contribution is 14.1. The summed E-state index contributed by atoms with van der Waals surface area (Å²) in [7, 11) is 1.57. The fourth-order valence-electron chi connectivity index (χ4n) is 1.97. The molecule has 0 aliphatic carbocycles. The van der Waals surface area contributed by atoms with Gasteiger partial charge in [0.25, 0.3) is 5.91 Å². The van der Waals surface area contributed by atoms with Gasteiger partial charge in [-0.15, -0.1) is 0 Å². The first-order valence-corrected chi connectivity index (χ1v) is 7.96. The molecule has 6 nitrogen and oxygen atoms in total. The Morgan fingerprint density at radius 2 is 2.18 bits per heavy atom. The molecule has 0 aliphatic rings. The molecule has 0 unspecified atom stereocenters. The summed E-state index contributed by atoms with van der Waals surface area (Å²) in [4.78, 5) is 23.5. The SMILES string of the molecule is CNC(=O)c1cccc(NC(=O)CCCn2cc(I)cn2)c1. The predicted molar refractivity (Wildman–Crippen MR) is 92.6 cm³/mol. The van der Waals surface area contributed by atoms with Crippen LogP contribution in [0.25, 0.3) is 0 Å². The lowest BCUT2D eigenvalue weighted by atomic mass is 10.2. The average molecular weight is 412 g/mol. The van der Waals surface area contributed by atoms with Gasteiger partial charge < -0.3 is 10.6 Å². The van der Waals surface area contributed by atoms with Crippen LogP contribution in [-0.4, -0.2) is 28.6 Å². The molecule has 2 aromatic rings. The summed E-state index contributed by atoms with van der Waals surface area (Å²) in [5.74, 6) is -0.250. The number of anilines is 1. The Morgan fingerprint density at radius 3 is 2.86 bits per heavy atom. The standard InChI is InChI=1S/C15H17IN4O2/c1-17-15(22)11-4-2-5-13(8-11)19-14(21)6-3-7-20-10-12(16)9-18-20/h2,4-5,8-10H,3,6-7H2,1H3,(H,17,22)(H,19,21). The first-order valence-electron chi connectivity index (χ1n) is 6.88. The molecule has 1 aromatic carbocycles. The van der Waals surface area contributed by atoms with Crippen molar-refractivity contribution in [2.24, 2.45) is 0 Å². The van der Waals surface area contributed by atoms with Gasteiger partial charge in [-0.3, -0.25) is 14.3 Å². The molecule has 22 heavy (non-hydrogen) atoms. The molecule has 116 valence electrons. The van der Waals surface area contributed by atoms with Crippen LogP contribution in [0.15, 0.2) is 36.7 Å². The number of hydrogen-bond donors (Lipinski definition) is 2. The van der Waals surface area contributed by atoms with Crippen LogP contribution in [0, 0.1) is 3.57 Å². The zero-order valence-corrected chi connectivity index (χ0v) is 14.3. The minimum Gasteiger partial charge on any atom is -0.355 e. The van der Waals surface area contributed by atoms with Gasteiger partial charge in [-0.1, -0.05) is 6.07 Å². The van der Waals surface area contributed by atoms with Crippen molar-refractivity contribution in [3.8, 4) is 0 Å². The van der Waals surface area contributed by atoms with E-state index >= 15 is 0 Å². The van der Waals surface area contributed by atoms with Crippen molar-refractivity contribution in [2.75, 3.05) is 12.4 Å². The van der Waals surface area contributed by atoms with Crippen LogP contribution in [-0.2, 0) is 11.3 Å². The number of benzene rings is 1. The van der Waals surface area contributed by atoms with E-state index in [-0.39, 0.29) is 11.8 Å². The number of halogens is 1. The third-order valence-corrected chi connectivity index (χ3v) is 3.59. The Morgan fingerprint density at radius 1 is 1.36 bits per heavy atom. The first-order chi connectivity index (χ1) is 10.6. The van der Waals surface area contributed by atoms with Gasteiger partial charge in [-0.05, 0) is 47.2 Å². The molecule has 1 aromatic heterocycles. The minimum atomic E-state index is -0.176. The summed E-state index contributed by atoms with van der Waals surface area (Å²) in [6.45, 7) is 0.703. The van der Waals surface area contributed by atoms with E-state index in [2.05, 4.69) is 38.3 Å². The molecule has 0 saturated heterocycles. The quantitative estimate of drug-likeness (QED) is 0.715. The van der Waals surface area contributed by atoms with Gasteiger partial charge in [0.2, 0.25) is 5.91 Å². The van der Waals surface area contributed by atoms with Gasteiger partial charge >= 0.3 is 0 Å². The first kappa shape index (κ1) is 16.5. The molecular weight excluding hydrogens is 395 g/mol. The van der Waals surface area contributed by atoms with Gasteiger partial charge in [-0.2, -0.15) is 5.10 Å². The normalized spacial score (nSPS) is 10.3. The fraction of sp³-hybridized carbons (Fsp3) is 0.267. The lowest BCUT2D eigenvalue weighted by molar-refractivity contribution is -0.116. The van der Waals surface area contributed by atoms with E-state index in [4.69, 9.17) is 0 Å². The summed E-state index contributed by atoms with van der Waals surface area (Å²) in [5, 5.41) is 9.53. The maximum Gasteiger partial charge on any atom is 0.251 e. The number of amides is 2. The number of carbonyl (C=O) groups is 2. The summed E-state index contributed by atoms with van der Waals surface area (Å²) >= 11 is 2.20.